The van der Waals surface area contributed by atoms with E-state index in [1.165, 1.54) is 6.08 Å². The molecule has 4 heteroatoms. The van der Waals surface area contributed by atoms with Crippen molar-refractivity contribution in [1.29, 1.82) is 0 Å². The van der Waals surface area contributed by atoms with Crippen molar-refractivity contribution in [2.45, 2.75) is 19.3 Å². The van der Waals surface area contributed by atoms with Crippen LogP contribution in [0, 0.1) is 16.0 Å². The van der Waals surface area contributed by atoms with Crippen molar-refractivity contribution in [3.8, 4) is 0 Å². The molecule has 1 fully saturated rings. The molecule has 0 N–H and O–H groups in total. The zero-order valence-electron chi connectivity index (χ0n) is 7.03. The third-order valence-corrected chi connectivity index (χ3v) is 2.63. The van der Waals surface area contributed by atoms with Gasteiger partial charge in [0.05, 0.1) is 4.92 Å². The summed E-state index contributed by atoms with van der Waals surface area (Å²) >= 11 is 0. The Morgan fingerprint density at radius 1 is 1.46 bits per heavy atom. The van der Waals surface area contributed by atoms with Crippen LogP contribution >= 0.6 is 0 Å². The van der Waals surface area contributed by atoms with Crippen molar-refractivity contribution in [2.75, 3.05) is 0 Å². The SMILES string of the molecule is O=C1CCC2CC([N+](=O)[O-])=CC=C12. The molecule has 68 valence electrons. The maximum Gasteiger partial charge on any atom is 0.246 e. The summed E-state index contributed by atoms with van der Waals surface area (Å²) in [5.41, 5.74) is 1.01. The molecule has 0 aromatic heterocycles. The first-order valence-corrected chi connectivity index (χ1v) is 4.27. The molecule has 0 aliphatic heterocycles. The van der Waals surface area contributed by atoms with Crippen molar-refractivity contribution in [3.05, 3.63) is 33.5 Å². The maximum atomic E-state index is 11.2. The predicted molar refractivity (Wildman–Crippen MR) is 45.5 cm³/mol. The monoisotopic (exact) mass is 179 g/mol. The van der Waals surface area contributed by atoms with Gasteiger partial charge < -0.3 is 0 Å². The molecule has 0 spiro atoms. The average Bonchev–Trinajstić information content (AvgIpc) is 2.47. The third kappa shape index (κ3) is 1.28. The Balaban J connectivity index is 2.28. The highest BCUT2D eigenvalue weighted by Gasteiger charge is 2.33. The van der Waals surface area contributed by atoms with Crippen molar-refractivity contribution in [1.82, 2.24) is 0 Å². The average molecular weight is 179 g/mol. The second-order valence-electron chi connectivity index (χ2n) is 3.40. The molecule has 1 saturated carbocycles. The largest absolute Gasteiger partial charge is 0.295 e. The number of fused-ring (bicyclic) bond motifs is 1. The first-order chi connectivity index (χ1) is 6.18. The number of nitro groups is 1. The van der Waals surface area contributed by atoms with E-state index >= 15 is 0 Å². The molecule has 0 bridgehead atoms. The Morgan fingerprint density at radius 2 is 2.23 bits per heavy atom. The van der Waals surface area contributed by atoms with Crippen LogP contribution in [0.15, 0.2) is 23.4 Å². The first-order valence-electron chi connectivity index (χ1n) is 4.27. The minimum absolute atomic E-state index is 0.109. The van der Waals surface area contributed by atoms with E-state index in [1.54, 1.807) is 6.08 Å². The van der Waals surface area contributed by atoms with Crippen molar-refractivity contribution < 1.29 is 9.72 Å². The standard InChI is InChI=1S/C9H9NO3/c11-9-4-1-6-5-7(10(12)13)2-3-8(6)9/h2-3,6H,1,4-5H2. The van der Waals surface area contributed by atoms with E-state index in [2.05, 4.69) is 0 Å². The van der Waals surface area contributed by atoms with Crippen LogP contribution in [0.2, 0.25) is 0 Å². The third-order valence-electron chi connectivity index (χ3n) is 2.63. The zero-order valence-corrected chi connectivity index (χ0v) is 7.03. The van der Waals surface area contributed by atoms with Crippen LogP contribution in [-0.2, 0) is 4.79 Å². The summed E-state index contributed by atoms with van der Waals surface area (Å²) in [7, 11) is 0. The summed E-state index contributed by atoms with van der Waals surface area (Å²) in [5.74, 6) is 0.265. The van der Waals surface area contributed by atoms with Gasteiger partial charge in [-0.05, 0) is 24.0 Å². The summed E-state index contributed by atoms with van der Waals surface area (Å²) in [6, 6.07) is 0. The van der Waals surface area contributed by atoms with Gasteiger partial charge in [0.2, 0.25) is 5.70 Å². The van der Waals surface area contributed by atoms with Crippen LogP contribution in [0.4, 0.5) is 0 Å². The number of hydrogen-bond acceptors (Lipinski definition) is 3. The van der Waals surface area contributed by atoms with Crippen molar-refractivity contribution >= 4 is 5.78 Å². The molecule has 0 aromatic rings. The highest BCUT2D eigenvalue weighted by atomic mass is 16.6. The Labute approximate surface area is 75.1 Å². The number of rotatable bonds is 1. The minimum atomic E-state index is -0.365. The molecule has 0 saturated heterocycles. The molecular formula is C9H9NO3. The zero-order chi connectivity index (χ0) is 9.42. The Kier molecular flexibility index (Phi) is 1.76. The molecule has 2 rings (SSSR count). The molecular weight excluding hydrogens is 170 g/mol. The van der Waals surface area contributed by atoms with Gasteiger partial charge in [0, 0.05) is 18.9 Å². The van der Waals surface area contributed by atoms with Gasteiger partial charge in [0.25, 0.3) is 0 Å². The van der Waals surface area contributed by atoms with Crippen LogP contribution in [0.25, 0.3) is 0 Å². The fraction of sp³-hybridized carbons (Fsp3) is 0.444. The summed E-state index contributed by atoms with van der Waals surface area (Å²) in [5, 5.41) is 10.4. The van der Waals surface area contributed by atoms with Gasteiger partial charge in [-0.15, -0.1) is 0 Å². The van der Waals surface area contributed by atoms with Crippen LogP contribution in [0.5, 0.6) is 0 Å². The maximum absolute atomic E-state index is 11.2. The molecule has 1 atom stereocenters. The first kappa shape index (κ1) is 8.16. The highest BCUT2D eigenvalue weighted by Crippen LogP contribution is 2.35. The minimum Gasteiger partial charge on any atom is -0.295 e. The fourth-order valence-corrected chi connectivity index (χ4v) is 1.92. The molecule has 0 amide bonds. The van der Waals surface area contributed by atoms with Crippen LogP contribution in [0.1, 0.15) is 19.3 Å². The van der Waals surface area contributed by atoms with E-state index in [0.717, 1.165) is 12.0 Å². The van der Waals surface area contributed by atoms with E-state index in [0.29, 0.717) is 12.8 Å². The summed E-state index contributed by atoms with van der Waals surface area (Å²) in [4.78, 5) is 21.3. The van der Waals surface area contributed by atoms with E-state index in [-0.39, 0.29) is 22.3 Å². The summed E-state index contributed by atoms with van der Waals surface area (Å²) in [6.07, 6.45) is 4.81. The van der Waals surface area contributed by atoms with Gasteiger partial charge in [-0.25, -0.2) is 0 Å². The Bertz CT molecular complexity index is 341. The van der Waals surface area contributed by atoms with Crippen LogP contribution in [0.3, 0.4) is 0 Å². The number of allylic oxidation sites excluding steroid dienone is 4. The lowest BCUT2D eigenvalue weighted by Crippen LogP contribution is -2.11. The molecule has 0 heterocycles. The second kappa shape index (κ2) is 2.80. The van der Waals surface area contributed by atoms with Gasteiger partial charge in [0.1, 0.15) is 0 Å². The van der Waals surface area contributed by atoms with Gasteiger partial charge >= 0.3 is 0 Å². The molecule has 13 heavy (non-hydrogen) atoms. The molecule has 2 aliphatic rings. The lowest BCUT2D eigenvalue weighted by atomic mass is 9.92. The Morgan fingerprint density at radius 3 is 2.92 bits per heavy atom. The van der Waals surface area contributed by atoms with Gasteiger partial charge in [-0.1, -0.05) is 0 Å². The molecule has 0 radical (unpaired) electrons. The lowest BCUT2D eigenvalue weighted by molar-refractivity contribution is -0.428. The van der Waals surface area contributed by atoms with Crippen molar-refractivity contribution in [2.24, 2.45) is 5.92 Å². The molecule has 2 aliphatic carbocycles. The number of Topliss-reactive ketones (excluding diaryl/α,β-unsaturated/α-hetero) is 1. The van der Waals surface area contributed by atoms with Crippen LogP contribution < -0.4 is 0 Å². The van der Waals surface area contributed by atoms with Crippen LogP contribution in [-0.4, -0.2) is 10.7 Å². The smallest absolute Gasteiger partial charge is 0.246 e. The number of nitrogens with zero attached hydrogens (tertiary/aromatic N) is 1. The molecule has 4 nitrogen and oxygen atoms in total. The van der Waals surface area contributed by atoms with Gasteiger partial charge in [-0.3, -0.25) is 14.9 Å². The summed E-state index contributed by atoms with van der Waals surface area (Å²) < 4.78 is 0. The summed E-state index contributed by atoms with van der Waals surface area (Å²) in [6.45, 7) is 0. The molecule has 0 aromatic carbocycles. The number of carbonyl (C=O) groups excluding carboxylic acids is 1. The predicted octanol–water partition coefficient (Wildman–Crippen LogP) is 1.46. The molecule has 1 unspecified atom stereocenters. The topological polar surface area (TPSA) is 60.2 Å². The van der Waals surface area contributed by atoms with E-state index in [9.17, 15) is 14.9 Å². The number of hydrogen-bond donors (Lipinski definition) is 0. The van der Waals surface area contributed by atoms with Gasteiger partial charge in [0.15, 0.2) is 5.78 Å². The van der Waals surface area contributed by atoms with Crippen molar-refractivity contribution in [3.63, 3.8) is 0 Å². The normalized spacial score (nSPS) is 26.5. The lowest BCUT2D eigenvalue weighted by Gasteiger charge is -2.11. The highest BCUT2D eigenvalue weighted by molar-refractivity contribution is 5.98. The number of ketones is 1. The second-order valence-corrected chi connectivity index (χ2v) is 3.40. The Hall–Kier alpha value is -1.45. The van der Waals surface area contributed by atoms with Gasteiger partial charge in [-0.2, -0.15) is 0 Å². The van der Waals surface area contributed by atoms with E-state index in [4.69, 9.17) is 0 Å². The quantitative estimate of drug-likeness (QED) is 0.452. The number of carbonyl (C=O) groups is 1. The van der Waals surface area contributed by atoms with E-state index in [1.807, 2.05) is 0 Å². The fourth-order valence-electron chi connectivity index (χ4n) is 1.92. The van der Waals surface area contributed by atoms with E-state index < -0.39 is 0 Å².